The Morgan fingerprint density at radius 3 is 2.68 bits per heavy atom. The van der Waals surface area contributed by atoms with Crippen LogP contribution in [0.25, 0.3) is 0 Å². The van der Waals surface area contributed by atoms with Gasteiger partial charge in [0.25, 0.3) is 0 Å². The summed E-state index contributed by atoms with van der Waals surface area (Å²) < 4.78 is 16.8. The third kappa shape index (κ3) is 5.56. The predicted molar refractivity (Wildman–Crippen MR) is 102 cm³/mol. The van der Waals surface area contributed by atoms with Crippen molar-refractivity contribution in [1.82, 2.24) is 10.2 Å². The first kappa shape index (κ1) is 18.4. The molecule has 2 unspecified atom stereocenters. The number of hydrogen-bond donors (Lipinski definition) is 1. The van der Waals surface area contributed by atoms with Crippen LogP contribution in [0.1, 0.15) is 31.2 Å². The van der Waals surface area contributed by atoms with Gasteiger partial charge in [-0.05, 0) is 55.6 Å². The van der Waals surface area contributed by atoms with Crippen molar-refractivity contribution in [3.8, 4) is 5.75 Å². The molecule has 2 aliphatic rings. The molecule has 138 valence electrons. The van der Waals surface area contributed by atoms with Gasteiger partial charge in [-0.1, -0.05) is 12.1 Å². The summed E-state index contributed by atoms with van der Waals surface area (Å²) in [5.74, 6) is 0.868. The highest BCUT2D eigenvalue weighted by Gasteiger charge is 2.22. The van der Waals surface area contributed by atoms with Crippen molar-refractivity contribution in [3.63, 3.8) is 0 Å². The van der Waals surface area contributed by atoms with Crippen molar-refractivity contribution < 1.29 is 14.2 Å². The number of hydrogen-bond acceptors (Lipinski definition) is 4. The molecule has 2 saturated heterocycles. The van der Waals surface area contributed by atoms with Gasteiger partial charge >= 0.3 is 0 Å². The van der Waals surface area contributed by atoms with Gasteiger partial charge < -0.3 is 24.4 Å². The molecule has 2 heterocycles. The van der Waals surface area contributed by atoms with Crippen molar-refractivity contribution in [1.29, 1.82) is 0 Å². The van der Waals surface area contributed by atoms with Crippen molar-refractivity contribution >= 4 is 17.3 Å². The molecule has 2 aliphatic heterocycles. The smallest absolute Gasteiger partial charge is 0.169 e. The summed E-state index contributed by atoms with van der Waals surface area (Å²) in [6, 6.07) is 8.14. The van der Waals surface area contributed by atoms with Crippen LogP contribution in [0.15, 0.2) is 24.3 Å². The Balaban J connectivity index is 1.61. The monoisotopic (exact) mass is 364 g/mol. The van der Waals surface area contributed by atoms with Gasteiger partial charge in [0.15, 0.2) is 5.11 Å². The van der Waals surface area contributed by atoms with E-state index in [-0.39, 0.29) is 12.2 Å². The maximum Gasteiger partial charge on any atom is 0.169 e. The molecule has 1 aromatic rings. The van der Waals surface area contributed by atoms with E-state index in [1.54, 1.807) is 7.11 Å². The fourth-order valence-corrected chi connectivity index (χ4v) is 3.59. The fraction of sp³-hybridized carbons (Fsp3) is 0.632. The molecule has 2 fully saturated rings. The average molecular weight is 365 g/mol. The maximum absolute atomic E-state index is 5.82. The third-order valence-corrected chi connectivity index (χ3v) is 5.15. The first-order valence-corrected chi connectivity index (χ1v) is 9.54. The summed E-state index contributed by atoms with van der Waals surface area (Å²) >= 11 is 5.68. The van der Waals surface area contributed by atoms with Crippen LogP contribution >= 0.6 is 12.2 Å². The number of benzene rings is 1. The van der Waals surface area contributed by atoms with Crippen LogP contribution in [-0.2, 0) is 16.0 Å². The first-order valence-electron chi connectivity index (χ1n) is 9.13. The van der Waals surface area contributed by atoms with Crippen molar-refractivity contribution in [3.05, 3.63) is 29.8 Å². The lowest BCUT2D eigenvalue weighted by Crippen LogP contribution is -2.45. The molecule has 1 aromatic carbocycles. The topological polar surface area (TPSA) is 43.0 Å². The molecule has 0 saturated carbocycles. The Morgan fingerprint density at radius 1 is 1.24 bits per heavy atom. The molecule has 0 radical (unpaired) electrons. The maximum atomic E-state index is 5.82. The number of nitrogens with zero attached hydrogens (tertiary/aromatic N) is 1. The lowest BCUT2D eigenvalue weighted by Gasteiger charge is -2.29. The van der Waals surface area contributed by atoms with Crippen LogP contribution < -0.4 is 10.1 Å². The second-order valence-corrected chi connectivity index (χ2v) is 7.07. The lowest BCUT2D eigenvalue weighted by molar-refractivity contribution is 0.0886. The molecule has 0 bridgehead atoms. The summed E-state index contributed by atoms with van der Waals surface area (Å²) in [6.45, 7) is 4.05. The zero-order chi connectivity index (χ0) is 17.5. The standard InChI is InChI=1S/C19H28N2O3S/c1-22-16-6-2-5-15(11-16)13-21(14-18-8-4-10-24-18)19(25)20-12-17-7-3-9-23-17/h2,5-6,11,17-18H,3-4,7-10,12-14H2,1H3,(H,20,25). The number of rotatable bonds is 7. The van der Waals surface area contributed by atoms with Crippen LogP contribution in [0.2, 0.25) is 0 Å². The summed E-state index contributed by atoms with van der Waals surface area (Å²) in [5.41, 5.74) is 1.18. The Hall–Kier alpha value is -1.37. The van der Waals surface area contributed by atoms with Gasteiger partial charge in [0, 0.05) is 32.8 Å². The van der Waals surface area contributed by atoms with Gasteiger partial charge in [0.05, 0.1) is 19.3 Å². The second kappa shape index (κ2) is 9.36. The van der Waals surface area contributed by atoms with Crippen molar-refractivity contribution in [2.75, 3.05) is 33.4 Å². The van der Waals surface area contributed by atoms with Gasteiger partial charge in [0.2, 0.25) is 0 Å². The minimum atomic E-state index is 0.257. The van der Waals surface area contributed by atoms with Crippen LogP contribution in [-0.4, -0.2) is 55.6 Å². The van der Waals surface area contributed by atoms with Crippen molar-refractivity contribution in [2.45, 2.75) is 44.4 Å². The Morgan fingerprint density at radius 2 is 2.00 bits per heavy atom. The molecular weight excluding hydrogens is 336 g/mol. The molecule has 1 N–H and O–H groups in total. The van der Waals surface area contributed by atoms with Gasteiger partial charge in [-0.15, -0.1) is 0 Å². The quantitative estimate of drug-likeness (QED) is 0.751. The molecule has 0 aromatic heterocycles. The number of thiocarbonyl (C=S) groups is 1. The molecule has 2 atom stereocenters. The van der Waals surface area contributed by atoms with Crippen LogP contribution in [0.5, 0.6) is 5.75 Å². The van der Waals surface area contributed by atoms with E-state index in [9.17, 15) is 0 Å². The minimum Gasteiger partial charge on any atom is -0.497 e. The summed E-state index contributed by atoms with van der Waals surface area (Å²) in [5, 5.41) is 4.17. The third-order valence-electron chi connectivity index (χ3n) is 4.75. The molecule has 5 nitrogen and oxygen atoms in total. The van der Waals surface area contributed by atoms with E-state index in [2.05, 4.69) is 22.3 Å². The molecule has 6 heteroatoms. The SMILES string of the molecule is COc1cccc(CN(CC2CCCO2)C(=S)NCC2CCCO2)c1. The highest BCUT2D eigenvalue weighted by atomic mass is 32.1. The molecular formula is C19H28N2O3S. The average Bonchev–Trinajstić information content (AvgIpc) is 3.33. The highest BCUT2D eigenvalue weighted by molar-refractivity contribution is 7.80. The van der Waals surface area contributed by atoms with E-state index in [0.717, 1.165) is 69.4 Å². The van der Waals surface area contributed by atoms with Gasteiger partial charge in [-0.3, -0.25) is 0 Å². The zero-order valence-electron chi connectivity index (χ0n) is 14.9. The minimum absolute atomic E-state index is 0.257. The number of methoxy groups -OCH3 is 1. The lowest BCUT2D eigenvalue weighted by atomic mass is 10.2. The van der Waals surface area contributed by atoms with E-state index < -0.39 is 0 Å². The van der Waals surface area contributed by atoms with Crippen LogP contribution in [0.4, 0.5) is 0 Å². The van der Waals surface area contributed by atoms with Crippen molar-refractivity contribution in [2.24, 2.45) is 0 Å². The summed E-state index contributed by atoms with van der Waals surface area (Å²) in [7, 11) is 1.69. The van der Waals surface area contributed by atoms with Gasteiger partial charge in [0.1, 0.15) is 5.75 Å². The van der Waals surface area contributed by atoms with Gasteiger partial charge in [-0.2, -0.15) is 0 Å². The van der Waals surface area contributed by atoms with E-state index in [1.807, 2.05) is 12.1 Å². The Labute approximate surface area is 155 Å². The Kier molecular flexibility index (Phi) is 6.90. The van der Waals surface area contributed by atoms with E-state index >= 15 is 0 Å². The van der Waals surface area contributed by atoms with Crippen LogP contribution in [0.3, 0.4) is 0 Å². The van der Waals surface area contributed by atoms with Gasteiger partial charge in [-0.25, -0.2) is 0 Å². The summed E-state index contributed by atoms with van der Waals surface area (Å²) in [6.07, 6.45) is 5.02. The van der Waals surface area contributed by atoms with E-state index in [1.165, 1.54) is 5.56 Å². The summed E-state index contributed by atoms with van der Waals surface area (Å²) in [4.78, 5) is 2.20. The normalized spacial score (nSPS) is 22.8. The number of ether oxygens (including phenoxy) is 3. The fourth-order valence-electron chi connectivity index (χ4n) is 3.36. The molecule has 0 spiro atoms. The number of nitrogens with one attached hydrogen (secondary N) is 1. The second-order valence-electron chi connectivity index (χ2n) is 6.69. The molecule has 3 rings (SSSR count). The van der Waals surface area contributed by atoms with Crippen LogP contribution in [0, 0.1) is 0 Å². The molecule has 25 heavy (non-hydrogen) atoms. The molecule has 0 aliphatic carbocycles. The van der Waals surface area contributed by atoms with E-state index in [4.69, 9.17) is 26.4 Å². The zero-order valence-corrected chi connectivity index (χ0v) is 15.7. The largest absolute Gasteiger partial charge is 0.497 e. The highest BCUT2D eigenvalue weighted by Crippen LogP contribution is 2.18. The molecule has 0 amide bonds. The van der Waals surface area contributed by atoms with E-state index in [0.29, 0.717) is 0 Å². The predicted octanol–water partition coefficient (Wildman–Crippen LogP) is 2.73. The first-order chi connectivity index (χ1) is 12.2. The Bertz CT molecular complexity index is 557.